The Morgan fingerprint density at radius 2 is 1.69 bits per heavy atom. The maximum atomic E-state index is 6.30. The Hall–Kier alpha value is -1.34. The van der Waals surface area contributed by atoms with Crippen LogP contribution in [-0.4, -0.2) is 0 Å². The fourth-order valence-electron chi connectivity index (χ4n) is 2.18. The second kappa shape index (κ2) is 4.26. The summed E-state index contributed by atoms with van der Waals surface area (Å²) in [7, 11) is 0. The number of aryl methyl sites for hydroxylation is 1. The van der Waals surface area contributed by atoms with Crippen molar-refractivity contribution >= 4 is 10.8 Å². The number of hydrogen-bond acceptors (Lipinski definition) is 1. The first kappa shape index (κ1) is 11.2. The van der Waals surface area contributed by atoms with E-state index in [2.05, 4.69) is 57.2 Å². The van der Waals surface area contributed by atoms with E-state index >= 15 is 0 Å². The van der Waals surface area contributed by atoms with Crippen LogP contribution in [-0.2, 0) is 0 Å². The quantitative estimate of drug-likeness (QED) is 0.806. The van der Waals surface area contributed by atoms with E-state index in [1.54, 1.807) is 0 Å². The van der Waals surface area contributed by atoms with Crippen molar-refractivity contribution < 1.29 is 0 Å². The van der Waals surface area contributed by atoms with Crippen LogP contribution in [0.5, 0.6) is 0 Å². The van der Waals surface area contributed by atoms with Crippen molar-refractivity contribution in [3.63, 3.8) is 0 Å². The molecule has 16 heavy (non-hydrogen) atoms. The number of hydrogen-bond donors (Lipinski definition) is 1. The third-order valence-electron chi connectivity index (χ3n) is 3.24. The van der Waals surface area contributed by atoms with Crippen molar-refractivity contribution in [2.45, 2.75) is 26.8 Å². The van der Waals surface area contributed by atoms with Crippen molar-refractivity contribution in [2.75, 3.05) is 0 Å². The molecular formula is C15H19N. The highest BCUT2D eigenvalue weighted by atomic mass is 14.6. The molecule has 0 aliphatic carbocycles. The van der Waals surface area contributed by atoms with Gasteiger partial charge in [-0.05, 0) is 34.7 Å². The smallest absolute Gasteiger partial charge is 0.0327 e. The molecule has 1 atom stereocenters. The van der Waals surface area contributed by atoms with Gasteiger partial charge >= 0.3 is 0 Å². The fraction of sp³-hybridized carbons (Fsp3) is 0.333. The standard InChI is InChI=1S/C15H19N/c1-10(2)15(16)14-11(3)8-9-12-6-4-5-7-13(12)14/h4-10,15H,16H2,1-3H3. The zero-order valence-corrected chi connectivity index (χ0v) is 10.2. The van der Waals surface area contributed by atoms with E-state index in [-0.39, 0.29) is 6.04 Å². The van der Waals surface area contributed by atoms with Crippen LogP contribution in [0.4, 0.5) is 0 Å². The first-order valence-corrected chi connectivity index (χ1v) is 5.85. The van der Waals surface area contributed by atoms with Crippen molar-refractivity contribution in [3.05, 3.63) is 47.5 Å². The Morgan fingerprint density at radius 3 is 2.38 bits per heavy atom. The maximum Gasteiger partial charge on any atom is 0.0327 e. The van der Waals surface area contributed by atoms with E-state index in [0.29, 0.717) is 5.92 Å². The van der Waals surface area contributed by atoms with Gasteiger partial charge in [-0.3, -0.25) is 0 Å². The summed E-state index contributed by atoms with van der Waals surface area (Å²) in [5.74, 6) is 0.463. The summed E-state index contributed by atoms with van der Waals surface area (Å²) in [6.45, 7) is 6.49. The minimum absolute atomic E-state index is 0.117. The maximum absolute atomic E-state index is 6.30. The molecule has 2 aromatic rings. The minimum atomic E-state index is 0.117. The van der Waals surface area contributed by atoms with Gasteiger partial charge in [0.15, 0.2) is 0 Å². The molecule has 2 aromatic carbocycles. The second-order valence-electron chi connectivity index (χ2n) is 4.79. The number of nitrogens with two attached hydrogens (primary N) is 1. The Bertz CT molecular complexity index is 500. The highest BCUT2D eigenvalue weighted by molar-refractivity contribution is 5.87. The molecule has 0 aromatic heterocycles. The van der Waals surface area contributed by atoms with Gasteiger partial charge in [0.1, 0.15) is 0 Å². The van der Waals surface area contributed by atoms with Crippen LogP contribution in [0.1, 0.15) is 31.0 Å². The first-order chi connectivity index (χ1) is 7.61. The van der Waals surface area contributed by atoms with E-state index in [9.17, 15) is 0 Å². The Kier molecular flexibility index (Phi) is 2.97. The predicted octanol–water partition coefficient (Wildman–Crippen LogP) is 3.80. The SMILES string of the molecule is Cc1ccc2ccccc2c1C(N)C(C)C. The summed E-state index contributed by atoms with van der Waals surface area (Å²) in [4.78, 5) is 0. The van der Waals surface area contributed by atoms with Crippen molar-refractivity contribution in [1.82, 2.24) is 0 Å². The predicted molar refractivity (Wildman–Crippen MR) is 70.5 cm³/mol. The summed E-state index contributed by atoms with van der Waals surface area (Å²) in [5.41, 5.74) is 8.90. The summed E-state index contributed by atoms with van der Waals surface area (Å²) < 4.78 is 0. The van der Waals surface area contributed by atoms with Gasteiger partial charge in [0.05, 0.1) is 0 Å². The average molecular weight is 213 g/mol. The lowest BCUT2D eigenvalue weighted by atomic mass is 9.89. The van der Waals surface area contributed by atoms with E-state index < -0.39 is 0 Å². The molecular weight excluding hydrogens is 194 g/mol. The van der Waals surface area contributed by atoms with Gasteiger partial charge in [0, 0.05) is 6.04 Å². The molecule has 0 bridgehead atoms. The molecule has 0 fully saturated rings. The molecule has 1 heteroatoms. The third-order valence-corrected chi connectivity index (χ3v) is 3.24. The van der Waals surface area contributed by atoms with Crippen LogP contribution in [0.2, 0.25) is 0 Å². The largest absolute Gasteiger partial charge is 0.324 e. The molecule has 1 unspecified atom stereocenters. The van der Waals surface area contributed by atoms with Crippen LogP contribution in [0.15, 0.2) is 36.4 Å². The normalized spacial score (nSPS) is 13.3. The lowest BCUT2D eigenvalue weighted by Crippen LogP contribution is -2.18. The Balaban J connectivity index is 2.70. The van der Waals surface area contributed by atoms with E-state index in [1.807, 2.05) is 0 Å². The van der Waals surface area contributed by atoms with E-state index in [1.165, 1.54) is 21.9 Å². The summed E-state index contributed by atoms with van der Waals surface area (Å²) in [6.07, 6.45) is 0. The molecule has 0 saturated carbocycles. The monoisotopic (exact) mass is 213 g/mol. The molecule has 2 rings (SSSR count). The molecule has 84 valence electrons. The Morgan fingerprint density at radius 1 is 1.00 bits per heavy atom. The zero-order chi connectivity index (χ0) is 11.7. The topological polar surface area (TPSA) is 26.0 Å². The molecule has 0 radical (unpaired) electrons. The molecule has 0 aliphatic heterocycles. The molecule has 0 aliphatic rings. The number of fused-ring (bicyclic) bond motifs is 1. The highest BCUT2D eigenvalue weighted by Gasteiger charge is 2.15. The molecule has 0 heterocycles. The van der Waals surface area contributed by atoms with Crippen LogP contribution in [0.3, 0.4) is 0 Å². The van der Waals surface area contributed by atoms with Crippen LogP contribution in [0.25, 0.3) is 10.8 Å². The van der Waals surface area contributed by atoms with Crippen LogP contribution in [0, 0.1) is 12.8 Å². The summed E-state index contributed by atoms with van der Waals surface area (Å²) >= 11 is 0. The molecule has 2 N–H and O–H groups in total. The van der Waals surface area contributed by atoms with Crippen molar-refractivity contribution in [3.8, 4) is 0 Å². The van der Waals surface area contributed by atoms with Gasteiger partial charge in [0.25, 0.3) is 0 Å². The van der Waals surface area contributed by atoms with E-state index in [0.717, 1.165) is 0 Å². The van der Waals surface area contributed by atoms with Gasteiger partial charge < -0.3 is 5.73 Å². The molecule has 0 spiro atoms. The molecule has 0 saturated heterocycles. The lowest BCUT2D eigenvalue weighted by molar-refractivity contribution is 0.515. The van der Waals surface area contributed by atoms with Crippen molar-refractivity contribution in [2.24, 2.45) is 11.7 Å². The molecule has 1 nitrogen and oxygen atoms in total. The van der Waals surface area contributed by atoms with Crippen LogP contribution >= 0.6 is 0 Å². The number of benzene rings is 2. The average Bonchev–Trinajstić information content (AvgIpc) is 2.28. The Labute approximate surface area is 97.3 Å². The fourth-order valence-corrected chi connectivity index (χ4v) is 2.18. The van der Waals surface area contributed by atoms with Gasteiger partial charge in [0.2, 0.25) is 0 Å². The van der Waals surface area contributed by atoms with Gasteiger partial charge in [-0.25, -0.2) is 0 Å². The van der Waals surface area contributed by atoms with Gasteiger partial charge in [-0.2, -0.15) is 0 Å². The summed E-state index contributed by atoms with van der Waals surface area (Å²) in [5, 5.41) is 2.57. The molecule has 0 amide bonds. The lowest BCUT2D eigenvalue weighted by Gasteiger charge is -2.20. The minimum Gasteiger partial charge on any atom is -0.324 e. The van der Waals surface area contributed by atoms with Gasteiger partial charge in [-0.1, -0.05) is 50.2 Å². The summed E-state index contributed by atoms with van der Waals surface area (Å²) in [6, 6.07) is 12.9. The zero-order valence-electron chi connectivity index (χ0n) is 10.2. The van der Waals surface area contributed by atoms with Crippen LogP contribution < -0.4 is 5.73 Å². The van der Waals surface area contributed by atoms with E-state index in [4.69, 9.17) is 5.73 Å². The highest BCUT2D eigenvalue weighted by Crippen LogP contribution is 2.29. The first-order valence-electron chi connectivity index (χ1n) is 5.85. The second-order valence-corrected chi connectivity index (χ2v) is 4.79. The van der Waals surface area contributed by atoms with Gasteiger partial charge in [-0.15, -0.1) is 0 Å². The third kappa shape index (κ3) is 1.83. The number of rotatable bonds is 2. The van der Waals surface area contributed by atoms with Crippen molar-refractivity contribution in [1.29, 1.82) is 0 Å².